The molecule has 0 aliphatic rings. The van der Waals surface area contributed by atoms with Crippen molar-refractivity contribution in [2.75, 3.05) is 6.61 Å². The Labute approximate surface area is 135 Å². The van der Waals surface area contributed by atoms with Crippen LogP contribution in [0.15, 0.2) is 6.20 Å². The summed E-state index contributed by atoms with van der Waals surface area (Å²) < 4.78 is 46.0. The van der Waals surface area contributed by atoms with E-state index in [1.54, 1.807) is 29.5 Å². The summed E-state index contributed by atoms with van der Waals surface area (Å²) >= 11 is 4.74. The van der Waals surface area contributed by atoms with Gasteiger partial charge in [0.05, 0.1) is 13.0 Å². The highest BCUT2D eigenvalue weighted by molar-refractivity contribution is 14.1. The molecular formula is C11H10BrF3INO3. The van der Waals surface area contributed by atoms with Crippen molar-refractivity contribution in [3.8, 4) is 5.75 Å². The summed E-state index contributed by atoms with van der Waals surface area (Å²) in [5, 5.41) is 0.103. The molecule has 0 aliphatic heterocycles. The van der Waals surface area contributed by atoms with Gasteiger partial charge in [0.25, 0.3) is 0 Å². The van der Waals surface area contributed by atoms with E-state index in [4.69, 9.17) is 4.74 Å². The second kappa shape index (κ2) is 7.43. The van der Waals surface area contributed by atoms with Crippen LogP contribution in [0.25, 0.3) is 0 Å². The van der Waals surface area contributed by atoms with Gasteiger partial charge in [0.15, 0.2) is 5.75 Å². The van der Waals surface area contributed by atoms with E-state index in [-0.39, 0.29) is 27.6 Å². The molecule has 1 aromatic rings. The monoisotopic (exact) mass is 467 g/mol. The number of aromatic nitrogens is 1. The summed E-state index contributed by atoms with van der Waals surface area (Å²) in [5.74, 6) is -0.924. The van der Waals surface area contributed by atoms with Gasteiger partial charge < -0.3 is 9.47 Å². The van der Waals surface area contributed by atoms with E-state index in [0.717, 1.165) is 0 Å². The predicted octanol–water partition coefficient (Wildman–Crippen LogP) is 3.59. The number of ether oxygens (including phenoxy) is 2. The average Bonchev–Trinajstić information content (AvgIpc) is 2.32. The molecule has 0 atom stereocenters. The largest absolute Gasteiger partial charge is 0.573 e. The van der Waals surface area contributed by atoms with Crippen LogP contribution in [0.3, 0.4) is 0 Å². The molecule has 0 spiro atoms. The zero-order valence-electron chi connectivity index (χ0n) is 10.3. The van der Waals surface area contributed by atoms with Gasteiger partial charge in [-0.15, -0.1) is 13.2 Å². The number of hydrogen-bond acceptors (Lipinski definition) is 4. The Morgan fingerprint density at radius 1 is 1.50 bits per heavy atom. The summed E-state index contributed by atoms with van der Waals surface area (Å²) in [6, 6.07) is 0. The number of hydrogen-bond donors (Lipinski definition) is 0. The van der Waals surface area contributed by atoms with Crippen LogP contribution in [-0.4, -0.2) is 23.9 Å². The fourth-order valence-electron chi connectivity index (χ4n) is 1.43. The van der Waals surface area contributed by atoms with E-state index in [2.05, 4.69) is 25.7 Å². The smallest absolute Gasteiger partial charge is 0.466 e. The Bertz CT molecular complexity index is 497. The molecule has 0 N–H and O–H groups in total. The van der Waals surface area contributed by atoms with Gasteiger partial charge in [-0.25, -0.2) is 4.98 Å². The molecule has 0 saturated heterocycles. The highest BCUT2D eigenvalue weighted by Gasteiger charge is 2.34. The van der Waals surface area contributed by atoms with Gasteiger partial charge in [-0.3, -0.25) is 4.79 Å². The molecule has 4 nitrogen and oxygen atoms in total. The Hall–Kier alpha value is -0.580. The highest BCUT2D eigenvalue weighted by Crippen LogP contribution is 2.33. The van der Waals surface area contributed by atoms with Crippen molar-refractivity contribution < 1.29 is 27.4 Å². The van der Waals surface area contributed by atoms with Crippen molar-refractivity contribution in [3.63, 3.8) is 0 Å². The maximum Gasteiger partial charge on any atom is 0.573 e. The van der Waals surface area contributed by atoms with Crippen molar-refractivity contribution in [3.05, 3.63) is 21.0 Å². The Kier molecular flexibility index (Phi) is 6.49. The fourth-order valence-corrected chi connectivity index (χ4v) is 2.62. The minimum atomic E-state index is -4.82. The lowest BCUT2D eigenvalue weighted by Gasteiger charge is -2.16. The molecule has 1 heterocycles. The normalized spacial score (nSPS) is 11.3. The number of esters is 1. The summed E-state index contributed by atoms with van der Waals surface area (Å²) in [4.78, 5) is 15.2. The lowest BCUT2D eigenvalue weighted by Crippen LogP contribution is -2.20. The highest BCUT2D eigenvalue weighted by atomic mass is 127. The van der Waals surface area contributed by atoms with Crippen molar-refractivity contribution in [2.24, 2.45) is 0 Å². The van der Waals surface area contributed by atoms with E-state index in [9.17, 15) is 18.0 Å². The molecule has 112 valence electrons. The van der Waals surface area contributed by atoms with Gasteiger partial charge in [0.2, 0.25) is 0 Å². The summed E-state index contributed by atoms with van der Waals surface area (Å²) in [7, 11) is 0. The molecule has 0 radical (unpaired) electrons. The van der Waals surface area contributed by atoms with E-state index >= 15 is 0 Å². The molecule has 0 unspecified atom stereocenters. The maximum absolute atomic E-state index is 12.4. The maximum atomic E-state index is 12.4. The number of carbonyl (C=O) groups is 1. The van der Waals surface area contributed by atoms with Crippen LogP contribution in [0.5, 0.6) is 5.75 Å². The first kappa shape index (κ1) is 17.5. The zero-order chi connectivity index (χ0) is 15.3. The number of pyridine rings is 1. The second-order valence-electron chi connectivity index (χ2n) is 3.55. The van der Waals surface area contributed by atoms with Crippen LogP contribution < -0.4 is 4.74 Å². The van der Waals surface area contributed by atoms with Crippen LogP contribution in [0.4, 0.5) is 13.2 Å². The third-order valence-electron chi connectivity index (χ3n) is 2.17. The van der Waals surface area contributed by atoms with E-state index in [1.807, 2.05) is 0 Å². The number of alkyl halides is 4. The van der Waals surface area contributed by atoms with Crippen LogP contribution in [0.1, 0.15) is 18.1 Å². The SMILES string of the molecule is CCOC(=O)Cc1cnc(I)c(OC(F)(F)F)c1CBr. The number of rotatable bonds is 5. The third kappa shape index (κ3) is 5.08. The van der Waals surface area contributed by atoms with Gasteiger partial charge in [-0.05, 0) is 35.1 Å². The molecule has 0 bridgehead atoms. The van der Waals surface area contributed by atoms with E-state index in [0.29, 0.717) is 5.56 Å². The molecule has 0 aliphatic carbocycles. The first-order chi connectivity index (χ1) is 9.28. The van der Waals surface area contributed by atoms with E-state index in [1.165, 1.54) is 6.20 Å². The van der Waals surface area contributed by atoms with Crippen molar-refractivity contribution in [1.29, 1.82) is 0 Å². The second-order valence-corrected chi connectivity index (χ2v) is 5.13. The fraction of sp³-hybridized carbons (Fsp3) is 0.455. The first-order valence-electron chi connectivity index (χ1n) is 5.42. The number of nitrogens with zero attached hydrogens (tertiary/aromatic N) is 1. The molecule has 1 aromatic heterocycles. The Balaban J connectivity index is 3.14. The number of halogens is 5. The number of carbonyl (C=O) groups excluding carboxylic acids is 1. The lowest BCUT2D eigenvalue weighted by molar-refractivity contribution is -0.275. The molecule has 0 aromatic carbocycles. The van der Waals surface area contributed by atoms with Crippen LogP contribution >= 0.6 is 38.5 Å². The minimum absolute atomic E-state index is 0.0713. The van der Waals surface area contributed by atoms with Crippen LogP contribution in [0.2, 0.25) is 0 Å². The molecule has 0 fully saturated rings. The molecular weight excluding hydrogens is 458 g/mol. The van der Waals surface area contributed by atoms with Gasteiger partial charge in [0.1, 0.15) is 3.70 Å². The van der Waals surface area contributed by atoms with Gasteiger partial charge >= 0.3 is 12.3 Å². The topological polar surface area (TPSA) is 48.4 Å². The predicted molar refractivity (Wildman–Crippen MR) is 76.6 cm³/mol. The van der Waals surface area contributed by atoms with Crippen molar-refractivity contribution in [2.45, 2.75) is 25.0 Å². The summed E-state index contributed by atoms with van der Waals surface area (Å²) in [6.07, 6.45) is -3.63. The Morgan fingerprint density at radius 3 is 2.65 bits per heavy atom. The molecule has 0 saturated carbocycles. The van der Waals surface area contributed by atoms with Gasteiger partial charge in [-0.2, -0.15) is 0 Å². The van der Waals surface area contributed by atoms with Crippen molar-refractivity contribution in [1.82, 2.24) is 4.98 Å². The van der Waals surface area contributed by atoms with Gasteiger partial charge in [0, 0.05) is 17.1 Å². The molecule has 20 heavy (non-hydrogen) atoms. The van der Waals surface area contributed by atoms with Crippen LogP contribution in [0, 0.1) is 3.70 Å². The van der Waals surface area contributed by atoms with Crippen LogP contribution in [-0.2, 0) is 21.3 Å². The Morgan fingerprint density at radius 2 is 2.15 bits per heavy atom. The average molecular weight is 468 g/mol. The van der Waals surface area contributed by atoms with Crippen molar-refractivity contribution >= 4 is 44.5 Å². The summed E-state index contributed by atoms with van der Waals surface area (Å²) in [6.45, 7) is 1.85. The first-order valence-corrected chi connectivity index (χ1v) is 7.62. The molecule has 1 rings (SSSR count). The summed E-state index contributed by atoms with van der Waals surface area (Å²) in [5.41, 5.74) is 0.565. The van der Waals surface area contributed by atoms with Gasteiger partial charge in [-0.1, -0.05) is 15.9 Å². The van der Waals surface area contributed by atoms with E-state index < -0.39 is 18.1 Å². The standard InChI is InChI=1S/C11H10BrF3INO3/c1-2-19-8(18)3-6-5-17-10(16)9(7(6)4-12)20-11(13,14)15/h5H,2-4H2,1H3. The third-order valence-corrected chi connectivity index (χ3v) is 3.50. The minimum Gasteiger partial charge on any atom is -0.466 e. The molecule has 9 heteroatoms. The zero-order valence-corrected chi connectivity index (χ0v) is 14.0. The molecule has 0 amide bonds. The quantitative estimate of drug-likeness (QED) is 0.287. The lowest BCUT2D eigenvalue weighted by atomic mass is 10.1.